The summed E-state index contributed by atoms with van der Waals surface area (Å²) in [5.41, 5.74) is 0. The van der Waals surface area contributed by atoms with Crippen LogP contribution in [0.1, 0.15) is 0 Å². The van der Waals surface area contributed by atoms with Crippen LogP contribution < -0.4 is 5.32 Å². The number of allylic oxidation sites excluding steroid dienone is 1. The smallest absolute Gasteiger partial charge is 0.316 e. The Morgan fingerprint density at radius 1 is 0.607 bits per heavy atom. The van der Waals surface area contributed by atoms with Crippen LogP contribution in [-0.4, -0.2) is 55.3 Å². The predicted octanol–water partition coefficient (Wildman–Crippen LogP) is 5.43. The lowest BCUT2D eigenvalue weighted by Gasteiger charge is -2.41. The van der Waals surface area contributed by atoms with Gasteiger partial charge in [0.15, 0.2) is 5.83 Å². The van der Waals surface area contributed by atoms with Gasteiger partial charge in [0.25, 0.3) is 0 Å². The van der Waals surface area contributed by atoms with Crippen molar-refractivity contribution >= 4 is 0 Å². The summed E-state index contributed by atoms with van der Waals surface area (Å²) in [4.78, 5) is 0. The van der Waals surface area contributed by atoms with Crippen molar-refractivity contribution in [1.82, 2.24) is 5.32 Å². The van der Waals surface area contributed by atoms with Gasteiger partial charge in [-0.3, -0.25) is 0 Å². The van der Waals surface area contributed by atoms with Gasteiger partial charge in [-0.15, -0.1) is 0 Å². The minimum atomic E-state index is -8.42. The molecule has 0 radical (unpaired) electrons. The zero-order valence-corrected chi connectivity index (χ0v) is 12.8. The summed E-state index contributed by atoms with van der Waals surface area (Å²) in [7, 11) is 0.864. The third kappa shape index (κ3) is 3.49. The van der Waals surface area contributed by atoms with Crippen molar-refractivity contribution in [2.45, 2.75) is 41.7 Å². The van der Waals surface area contributed by atoms with Crippen molar-refractivity contribution in [1.29, 1.82) is 0 Å². The van der Waals surface area contributed by atoms with Gasteiger partial charge in [0.05, 0.1) is 0 Å². The van der Waals surface area contributed by atoms with Crippen molar-refractivity contribution in [3.8, 4) is 0 Å². The molecular formula is C11H7F16N. The molecule has 0 amide bonds. The molecule has 1 N–H and O–H groups in total. The highest BCUT2D eigenvalue weighted by atomic mass is 19.4. The molecule has 0 fully saturated rings. The number of nitrogens with one attached hydrogen (secondary N) is 1. The van der Waals surface area contributed by atoms with Gasteiger partial charge >= 0.3 is 41.7 Å². The number of rotatable bonds is 8. The van der Waals surface area contributed by atoms with Crippen molar-refractivity contribution in [3.05, 3.63) is 11.9 Å². The van der Waals surface area contributed by atoms with Gasteiger partial charge in [0.2, 0.25) is 0 Å². The Bertz CT molecular complexity index is 586. The van der Waals surface area contributed by atoms with Crippen LogP contribution in [0.5, 0.6) is 0 Å². The molecule has 0 heterocycles. The van der Waals surface area contributed by atoms with Crippen LogP contribution >= 0.6 is 0 Å². The van der Waals surface area contributed by atoms with Crippen LogP contribution in [0.15, 0.2) is 11.9 Å². The first-order valence-corrected chi connectivity index (χ1v) is 6.32. The highest BCUT2D eigenvalue weighted by Gasteiger charge is 2.93. The first-order valence-electron chi connectivity index (χ1n) is 6.32. The quantitative estimate of drug-likeness (QED) is 0.480. The average Bonchev–Trinajstić information content (AvgIpc) is 2.50. The van der Waals surface area contributed by atoms with Crippen LogP contribution in [0.4, 0.5) is 70.2 Å². The third-order valence-electron chi connectivity index (χ3n) is 3.11. The summed E-state index contributed by atoms with van der Waals surface area (Å²) in [6.45, 7) is -1.11. The highest BCUT2D eigenvalue weighted by molar-refractivity contribution is 5.19. The fourth-order valence-electron chi connectivity index (χ4n) is 1.44. The second-order valence-corrected chi connectivity index (χ2v) is 5.05. The topological polar surface area (TPSA) is 12.0 Å². The third-order valence-corrected chi connectivity index (χ3v) is 3.11. The van der Waals surface area contributed by atoms with E-state index in [9.17, 15) is 70.2 Å². The summed E-state index contributed by atoms with van der Waals surface area (Å²) in [6, 6.07) is 0. The van der Waals surface area contributed by atoms with E-state index >= 15 is 0 Å². The molecule has 0 saturated heterocycles. The normalized spacial score (nSPS) is 16.5. The Kier molecular flexibility index (Phi) is 6.76. The molecule has 0 aliphatic rings. The maximum Gasteiger partial charge on any atom is 0.460 e. The van der Waals surface area contributed by atoms with Crippen molar-refractivity contribution in [3.63, 3.8) is 0 Å². The Hall–Kier alpha value is -1.42. The number of halogens is 16. The minimum absolute atomic E-state index is 0.620. The number of likely N-dealkylation sites (N-methyl/N-ethyl adjacent to an activating group) is 1. The average molecular weight is 457 g/mol. The van der Waals surface area contributed by atoms with Crippen LogP contribution in [0, 0.1) is 0 Å². The maximum atomic E-state index is 13.2. The Morgan fingerprint density at radius 2 is 0.929 bits per heavy atom. The lowest BCUT2D eigenvalue weighted by molar-refractivity contribution is -0.450. The molecule has 0 saturated carbocycles. The van der Waals surface area contributed by atoms with Gasteiger partial charge < -0.3 is 5.32 Å². The maximum absolute atomic E-state index is 13.2. The molecular weight excluding hydrogens is 450 g/mol. The van der Waals surface area contributed by atoms with Gasteiger partial charge in [-0.2, -0.15) is 65.9 Å². The lowest BCUT2D eigenvalue weighted by Crippen LogP contribution is -2.72. The zero-order valence-electron chi connectivity index (χ0n) is 12.8. The minimum Gasteiger partial charge on any atom is -0.316 e. The van der Waals surface area contributed by atoms with E-state index in [1.807, 2.05) is 0 Å². The monoisotopic (exact) mass is 457 g/mol. The van der Waals surface area contributed by atoms with E-state index in [1.54, 1.807) is 5.32 Å². The molecule has 0 atom stereocenters. The molecule has 0 aromatic heterocycles. The van der Waals surface area contributed by atoms with Gasteiger partial charge in [-0.25, -0.2) is 4.39 Å². The van der Waals surface area contributed by atoms with Crippen molar-refractivity contribution < 1.29 is 70.2 Å². The lowest BCUT2D eigenvalue weighted by atomic mass is 9.90. The highest BCUT2D eigenvalue weighted by Crippen LogP contribution is 2.63. The van der Waals surface area contributed by atoms with E-state index in [1.165, 1.54) is 0 Å². The van der Waals surface area contributed by atoms with Gasteiger partial charge in [-0.1, -0.05) is 0 Å². The largest absolute Gasteiger partial charge is 0.460 e. The fraction of sp³-hybridized carbons (Fsp3) is 0.818. The molecule has 0 aromatic carbocycles. The molecule has 0 rings (SSSR count). The summed E-state index contributed by atoms with van der Waals surface area (Å²) in [6.07, 6.45) is -8.30. The van der Waals surface area contributed by atoms with Crippen LogP contribution in [0.2, 0.25) is 0 Å². The van der Waals surface area contributed by atoms with E-state index in [4.69, 9.17) is 0 Å². The zero-order chi connectivity index (χ0) is 23.2. The van der Waals surface area contributed by atoms with Crippen LogP contribution in [-0.2, 0) is 0 Å². The number of alkyl halides is 15. The molecule has 0 spiro atoms. The summed E-state index contributed by atoms with van der Waals surface area (Å²) < 4.78 is 205. The standard InChI is InChI=1S/C11H7F16N/c1-28-3-2-4(12)5(13,14)6(15,16)7(17,18)8(19,20)9(21,22)10(23,24)11(25,26)27/h2,28H,3H2,1H3/b4-2-. The first-order chi connectivity index (χ1) is 12.0. The van der Waals surface area contributed by atoms with E-state index in [2.05, 4.69) is 0 Å². The molecule has 0 aromatic rings. The summed E-state index contributed by atoms with van der Waals surface area (Å²) in [5, 5.41) is 1.78. The first kappa shape index (κ1) is 26.6. The molecule has 0 aliphatic carbocycles. The Balaban J connectivity index is 6.55. The van der Waals surface area contributed by atoms with E-state index < -0.39 is 60.2 Å². The Labute approximate surface area is 144 Å². The molecule has 17 heteroatoms. The Morgan fingerprint density at radius 3 is 1.25 bits per heavy atom. The number of hydrogen-bond acceptors (Lipinski definition) is 1. The second-order valence-electron chi connectivity index (χ2n) is 5.05. The SMILES string of the molecule is CNC/C=C(\F)C(F)(F)C(F)(F)C(F)(F)C(F)(F)C(F)(F)C(F)(F)C(F)(F)F. The van der Waals surface area contributed by atoms with E-state index in [0.29, 0.717) is 0 Å². The van der Waals surface area contributed by atoms with E-state index in [-0.39, 0.29) is 0 Å². The van der Waals surface area contributed by atoms with Gasteiger partial charge in [0, 0.05) is 6.54 Å². The summed E-state index contributed by atoms with van der Waals surface area (Å²) >= 11 is 0. The van der Waals surface area contributed by atoms with Crippen LogP contribution in [0.25, 0.3) is 0 Å². The molecule has 0 unspecified atom stereocenters. The van der Waals surface area contributed by atoms with Gasteiger partial charge in [-0.05, 0) is 13.1 Å². The molecule has 168 valence electrons. The van der Waals surface area contributed by atoms with Crippen molar-refractivity contribution in [2.75, 3.05) is 13.6 Å². The molecule has 28 heavy (non-hydrogen) atoms. The molecule has 0 aliphatic heterocycles. The predicted molar refractivity (Wildman–Crippen MR) is 58.9 cm³/mol. The number of hydrogen-bond donors (Lipinski definition) is 1. The molecule has 1 nitrogen and oxygen atoms in total. The van der Waals surface area contributed by atoms with Crippen LogP contribution in [0.3, 0.4) is 0 Å². The fourth-order valence-corrected chi connectivity index (χ4v) is 1.44. The van der Waals surface area contributed by atoms with E-state index in [0.717, 1.165) is 7.05 Å². The second kappa shape index (κ2) is 7.12. The van der Waals surface area contributed by atoms with Gasteiger partial charge in [0.1, 0.15) is 0 Å². The molecule has 0 bridgehead atoms. The van der Waals surface area contributed by atoms with Crippen molar-refractivity contribution in [2.24, 2.45) is 0 Å². The summed E-state index contributed by atoms with van der Waals surface area (Å²) in [5.74, 6) is -51.6.